The van der Waals surface area contributed by atoms with Crippen molar-refractivity contribution in [3.05, 3.63) is 41.7 Å². The largest absolute Gasteiger partial charge is 0.501 e. The van der Waals surface area contributed by atoms with Gasteiger partial charge >= 0.3 is 6.61 Å². The highest BCUT2D eigenvalue weighted by atomic mass is 19.3. The van der Waals surface area contributed by atoms with Crippen LogP contribution in [0, 0.1) is 0 Å². The van der Waals surface area contributed by atoms with Gasteiger partial charge in [-0.25, -0.2) is 0 Å². The SMILES string of the molecule is CCCNC(C1=COCCC1)c1ccc(OC(F)F)cc1. The first-order valence-corrected chi connectivity index (χ1v) is 7.29. The molecule has 0 fully saturated rings. The van der Waals surface area contributed by atoms with Crippen LogP contribution in [0.4, 0.5) is 8.78 Å². The zero-order valence-corrected chi connectivity index (χ0v) is 12.1. The maximum absolute atomic E-state index is 12.2. The van der Waals surface area contributed by atoms with Crippen molar-refractivity contribution in [1.29, 1.82) is 0 Å². The van der Waals surface area contributed by atoms with E-state index in [9.17, 15) is 8.78 Å². The average molecular weight is 297 g/mol. The lowest BCUT2D eigenvalue weighted by Crippen LogP contribution is -2.25. The molecule has 3 nitrogen and oxygen atoms in total. The summed E-state index contributed by atoms with van der Waals surface area (Å²) in [4.78, 5) is 0. The van der Waals surface area contributed by atoms with Crippen molar-refractivity contribution in [2.75, 3.05) is 13.2 Å². The molecule has 0 radical (unpaired) electrons. The topological polar surface area (TPSA) is 30.5 Å². The van der Waals surface area contributed by atoms with Gasteiger partial charge in [-0.05, 0) is 49.1 Å². The van der Waals surface area contributed by atoms with E-state index in [1.165, 1.54) is 5.57 Å². The lowest BCUT2D eigenvalue weighted by molar-refractivity contribution is -0.0498. The molecule has 1 aliphatic rings. The number of hydrogen-bond donors (Lipinski definition) is 1. The van der Waals surface area contributed by atoms with Crippen LogP contribution in [0.5, 0.6) is 5.75 Å². The van der Waals surface area contributed by atoms with Crippen molar-refractivity contribution in [3.63, 3.8) is 0 Å². The molecule has 1 aliphatic heterocycles. The molecule has 1 aromatic carbocycles. The molecule has 0 saturated carbocycles. The van der Waals surface area contributed by atoms with Gasteiger partial charge in [0.05, 0.1) is 18.9 Å². The predicted octanol–water partition coefficient (Wildman–Crippen LogP) is 4.02. The molecule has 1 atom stereocenters. The van der Waals surface area contributed by atoms with Crippen LogP contribution in [0.1, 0.15) is 37.8 Å². The fourth-order valence-corrected chi connectivity index (χ4v) is 2.39. The van der Waals surface area contributed by atoms with Crippen LogP contribution in [-0.2, 0) is 4.74 Å². The molecule has 1 N–H and O–H groups in total. The summed E-state index contributed by atoms with van der Waals surface area (Å²) >= 11 is 0. The van der Waals surface area contributed by atoms with E-state index in [2.05, 4.69) is 17.0 Å². The van der Waals surface area contributed by atoms with Gasteiger partial charge in [-0.3, -0.25) is 0 Å². The summed E-state index contributed by atoms with van der Waals surface area (Å²) in [6.07, 6.45) is 4.83. The number of halogens is 2. The molecule has 0 saturated heterocycles. The summed E-state index contributed by atoms with van der Waals surface area (Å²) in [5.74, 6) is 0.178. The molecule has 0 bridgehead atoms. The third-order valence-electron chi connectivity index (χ3n) is 3.37. The first-order chi connectivity index (χ1) is 10.2. The smallest absolute Gasteiger partial charge is 0.387 e. The van der Waals surface area contributed by atoms with E-state index in [-0.39, 0.29) is 11.8 Å². The van der Waals surface area contributed by atoms with Gasteiger partial charge in [0.2, 0.25) is 0 Å². The minimum Gasteiger partial charge on any atom is -0.501 e. The lowest BCUT2D eigenvalue weighted by atomic mass is 9.95. The summed E-state index contributed by atoms with van der Waals surface area (Å²) in [6.45, 7) is 0.956. The summed E-state index contributed by atoms with van der Waals surface area (Å²) < 4.78 is 34.2. The van der Waals surface area contributed by atoms with Crippen LogP contribution in [0.25, 0.3) is 0 Å². The van der Waals surface area contributed by atoms with Crippen LogP contribution in [0.2, 0.25) is 0 Å². The molecule has 5 heteroatoms. The molecule has 1 aromatic rings. The number of nitrogens with one attached hydrogen (secondary N) is 1. The van der Waals surface area contributed by atoms with Gasteiger partial charge in [0.25, 0.3) is 0 Å². The first kappa shape index (κ1) is 15.8. The molecule has 1 unspecified atom stereocenters. The molecule has 1 heterocycles. The van der Waals surface area contributed by atoms with E-state index in [1.807, 2.05) is 18.4 Å². The molecule has 0 aliphatic carbocycles. The van der Waals surface area contributed by atoms with Crippen LogP contribution < -0.4 is 10.1 Å². The number of ether oxygens (including phenoxy) is 2. The Bertz CT molecular complexity index is 460. The Balaban J connectivity index is 2.13. The molecule has 0 spiro atoms. The van der Waals surface area contributed by atoms with Crippen molar-refractivity contribution in [2.45, 2.75) is 38.8 Å². The fourth-order valence-electron chi connectivity index (χ4n) is 2.39. The Labute approximate surface area is 123 Å². The number of rotatable bonds is 7. The van der Waals surface area contributed by atoms with Crippen LogP contribution in [0.15, 0.2) is 36.1 Å². The second-order valence-electron chi connectivity index (χ2n) is 5.00. The Hall–Kier alpha value is -1.62. The van der Waals surface area contributed by atoms with E-state index >= 15 is 0 Å². The predicted molar refractivity (Wildman–Crippen MR) is 77.4 cm³/mol. The number of benzene rings is 1. The molecule has 0 amide bonds. The minimum absolute atomic E-state index is 0.0610. The van der Waals surface area contributed by atoms with E-state index in [4.69, 9.17) is 4.74 Å². The lowest BCUT2D eigenvalue weighted by Gasteiger charge is -2.25. The maximum atomic E-state index is 12.2. The number of alkyl halides is 2. The van der Waals surface area contributed by atoms with Crippen LogP contribution in [-0.4, -0.2) is 19.8 Å². The summed E-state index contributed by atoms with van der Waals surface area (Å²) in [7, 11) is 0. The zero-order chi connectivity index (χ0) is 15.1. The first-order valence-electron chi connectivity index (χ1n) is 7.29. The quantitative estimate of drug-likeness (QED) is 0.824. The van der Waals surface area contributed by atoms with Crippen molar-refractivity contribution >= 4 is 0 Å². The fraction of sp³-hybridized carbons (Fsp3) is 0.500. The van der Waals surface area contributed by atoms with Gasteiger partial charge < -0.3 is 14.8 Å². The second kappa shape index (κ2) is 7.98. The van der Waals surface area contributed by atoms with Gasteiger partial charge in [-0.15, -0.1) is 0 Å². The molecule has 21 heavy (non-hydrogen) atoms. The molecule has 0 aromatic heterocycles. The standard InChI is InChI=1S/C16H21F2NO2/c1-2-9-19-15(13-4-3-10-20-11-13)12-5-7-14(8-6-12)21-16(17)18/h5-8,11,15-16,19H,2-4,9-10H2,1H3. The molecule has 2 rings (SSSR count). The van der Waals surface area contributed by atoms with Gasteiger partial charge in [-0.2, -0.15) is 8.78 Å². The maximum Gasteiger partial charge on any atom is 0.387 e. The molecular weight excluding hydrogens is 276 g/mol. The highest BCUT2D eigenvalue weighted by Gasteiger charge is 2.18. The van der Waals surface area contributed by atoms with E-state index in [0.717, 1.165) is 38.0 Å². The van der Waals surface area contributed by atoms with Crippen LogP contribution in [0.3, 0.4) is 0 Å². The van der Waals surface area contributed by atoms with Crippen LogP contribution >= 0.6 is 0 Å². The third kappa shape index (κ3) is 4.70. The summed E-state index contributed by atoms with van der Waals surface area (Å²) in [5, 5.41) is 3.48. The second-order valence-corrected chi connectivity index (χ2v) is 5.00. The Kier molecular flexibility index (Phi) is 5.99. The monoisotopic (exact) mass is 297 g/mol. The van der Waals surface area contributed by atoms with E-state index < -0.39 is 6.61 Å². The van der Waals surface area contributed by atoms with E-state index in [1.54, 1.807) is 12.1 Å². The highest BCUT2D eigenvalue weighted by molar-refractivity contribution is 5.33. The minimum atomic E-state index is -2.79. The zero-order valence-electron chi connectivity index (χ0n) is 12.1. The summed E-state index contributed by atoms with van der Waals surface area (Å²) in [6, 6.07) is 6.85. The van der Waals surface area contributed by atoms with Crippen molar-refractivity contribution < 1.29 is 18.3 Å². The molecule has 116 valence electrons. The van der Waals surface area contributed by atoms with Crippen molar-refractivity contribution in [3.8, 4) is 5.75 Å². The van der Waals surface area contributed by atoms with E-state index in [0.29, 0.717) is 0 Å². The Morgan fingerprint density at radius 3 is 2.62 bits per heavy atom. The Morgan fingerprint density at radius 1 is 1.29 bits per heavy atom. The average Bonchev–Trinajstić information content (AvgIpc) is 2.50. The highest BCUT2D eigenvalue weighted by Crippen LogP contribution is 2.29. The van der Waals surface area contributed by atoms with Crippen molar-refractivity contribution in [1.82, 2.24) is 5.32 Å². The Morgan fingerprint density at radius 2 is 2.05 bits per heavy atom. The molecular formula is C16H21F2NO2. The van der Waals surface area contributed by atoms with Crippen molar-refractivity contribution in [2.24, 2.45) is 0 Å². The normalized spacial score (nSPS) is 16.3. The summed E-state index contributed by atoms with van der Waals surface area (Å²) in [5.41, 5.74) is 2.22. The van der Waals surface area contributed by atoms with Gasteiger partial charge in [0, 0.05) is 0 Å². The third-order valence-corrected chi connectivity index (χ3v) is 3.37. The van der Waals surface area contributed by atoms with Gasteiger partial charge in [0.1, 0.15) is 5.75 Å². The van der Waals surface area contributed by atoms with Gasteiger partial charge in [0.15, 0.2) is 0 Å². The number of hydrogen-bond acceptors (Lipinski definition) is 3. The van der Waals surface area contributed by atoms with Gasteiger partial charge in [-0.1, -0.05) is 19.1 Å².